The Morgan fingerprint density at radius 1 is 1.06 bits per heavy atom. The molecule has 1 N–H and O–H groups in total. The smallest absolute Gasteiger partial charge is 0.262 e. The van der Waals surface area contributed by atoms with E-state index in [0.29, 0.717) is 28.0 Å². The van der Waals surface area contributed by atoms with Crippen LogP contribution in [0.15, 0.2) is 75.2 Å². The molecule has 0 radical (unpaired) electrons. The van der Waals surface area contributed by atoms with Crippen LogP contribution in [-0.4, -0.2) is 29.9 Å². The largest absolute Gasteiger partial charge is 0.419 e. The normalized spacial score (nSPS) is 12.3. The number of nitrogens with zero attached hydrogens (tertiary/aromatic N) is 5. The van der Waals surface area contributed by atoms with E-state index in [1.807, 2.05) is 68.4 Å². The molecule has 0 saturated carbocycles. The highest BCUT2D eigenvalue weighted by atomic mass is 32.2. The number of H-pyrrole nitrogens is 1. The molecular formula is C22H18N6O2S. The fourth-order valence-electron chi connectivity index (χ4n) is 3.14. The van der Waals surface area contributed by atoms with Crippen LogP contribution in [-0.2, 0) is 0 Å². The van der Waals surface area contributed by atoms with Gasteiger partial charge in [0.25, 0.3) is 5.56 Å². The molecule has 9 heteroatoms. The molecule has 0 bridgehead atoms. The van der Waals surface area contributed by atoms with Gasteiger partial charge in [-0.05, 0) is 38.1 Å². The van der Waals surface area contributed by atoms with Gasteiger partial charge in [0.15, 0.2) is 10.8 Å². The van der Waals surface area contributed by atoms with Gasteiger partial charge >= 0.3 is 0 Å². The molecule has 0 aliphatic heterocycles. The Morgan fingerprint density at radius 3 is 2.61 bits per heavy atom. The molecule has 2 aromatic carbocycles. The molecule has 0 aliphatic rings. The van der Waals surface area contributed by atoms with E-state index in [0.717, 1.165) is 16.8 Å². The van der Waals surface area contributed by atoms with Crippen LogP contribution in [0.2, 0.25) is 0 Å². The number of aryl methyl sites for hydroxylation is 1. The number of para-hydroxylation sites is 1. The predicted octanol–water partition coefficient (Wildman–Crippen LogP) is 4.32. The maximum Gasteiger partial charge on any atom is 0.262 e. The van der Waals surface area contributed by atoms with Crippen molar-refractivity contribution in [3.63, 3.8) is 0 Å². The number of benzene rings is 2. The van der Waals surface area contributed by atoms with Crippen LogP contribution in [0, 0.1) is 6.92 Å². The third-order valence-electron chi connectivity index (χ3n) is 4.79. The molecule has 8 nitrogen and oxygen atoms in total. The molecule has 0 saturated heterocycles. The lowest BCUT2D eigenvalue weighted by Gasteiger charge is -2.07. The monoisotopic (exact) mass is 430 g/mol. The van der Waals surface area contributed by atoms with Gasteiger partial charge in [-0.3, -0.25) is 4.79 Å². The Bertz CT molecular complexity index is 1410. The first-order valence-corrected chi connectivity index (χ1v) is 10.6. The van der Waals surface area contributed by atoms with Crippen LogP contribution >= 0.6 is 11.8 Å². The van der Waals surface area contributed by atoms with E-state index in [4.69, 9.17) is 4.42 Å². The predicted molar refractivity (Wildman–Crippen MR) is 118 cm³/mol. The summed E-state index contributed by atoms with van der Waals surface area (Å²) in [6.07, 6.45) is 1.53. The Balaban J connectivity index is 1.44. The van der Waals surface area contributed by atoms with Crippen molar-refractivity contribution in [1.82, 2.24) is 29.9 Å². The van der Waals surface area contributed by atoms with Crippen molar-refractivity contribution in [3.05, 3.63) is 82.6 Å². The summed E-state index contributed by atoms with van der Waals surface area (Å²) in [5, 5.41) is 13.3. The van der Waals surface area contributed by atoms with Gasteiger partial charge in [-0.2, -0.15) is 5.10 Å². The van der Waals surface area contributed by atoms with Gasteiger partial charge in [0, 0.05) is 5.56 Å². The summed E-state index contributed by atoms with van der Waals surface area (Å²) in [5.41, 5.74) is 3.11. The number of hydrogen-bond acceptors (Lipinski definition) is 7. The molecule has 1 atom stereocenters. The fourth-order valence-corrected chi connectivity index (χ4v) is 3.96. The fraction of sp³-hybridized carbons (Fsp3) is 0.136. The highest BCUT2D eigenvalue weighted by molar-refractivity contribution is 7.99. The average Bonchev–Trinajstić information content (AvgIpc) is 3.43. The second kappa shape index (κ2) is 7.84. The van der Waals surface area contributed by atoms with Crippen molar-refractivity contribution >= 4 is 22.8 Å². The lowest BCUT2D eigenvalue weighted by Crippen LogP contribution is -2.10. The molecule has 3 heterocycles. The number of thioether (sulfide) groups is 1. The van der Waals surface area contributed by atoms with Gasteiger partial charge in [-0.25, -0.2) is 9.67 Å². The van der Waals surface area contributed by atoms with E-state index in [1.165, 1.54) is 18.0 Å². The van der Waals surface area contributed by atoms with Crippen molar-refractivity contribution in [1.29, 1.82) is 0 Å². The van der Waals surface area contributed by atoms with Gasteiger partial charge in [0.05, 0.1) is 17.1 Å². The van der Waals surface area contributed by atoms with Crippen molar-refractivity contribution < 1.29 is 4.42 Å². The van der Waals surface area contributed by atoms with Crippen LogP contribution in [0.4, 0.5) is 0 Å². The standard InChI is InChI=1S/C22H18N6O2S/c1-13-8-10-15(11-9-13)21-27-26-20(30-21)14(2)31-22-24-18-17(19(29)25-22)12-23-28(18)16-6-4-3-5-7-16/h3-12,14H,1-2H3,(H,24,25,29). The minimum atomic E-state index is -0.243. The highest BCUT2D eigenvalue weighted by Crippen LogP contribution is 2.33. The Kier molecular flexibility index (Phi) is 4.87. The topological polar surface area (TPSA) is 102 Å². The molecule has 5 aromatic rings. The Morgan fingerprint density at radius 2 is 1.84 bits per heavy atom. The number of nitrogens with one attached hydrogen (secondary N) is 1. The van der Waals surface area contributed by atoms with Crippen molar-refractivity contribution in [2.45, 2.75) is 24.3 Å². The highest BCUT2D eigenvalue weighted by Gasteiger charge is 2.19. The lowest BCUT2D eigenvalue weighted by atomic mass is 10.1. The summed E-state index contributed by atoms with van der Waals surface area (Å²) >= 11 is 1.34. The maximum atomic E-state index is 12.6. The summed E-state index contributed by atoms with van der Waals surface area (Å²) in [5.74, 6) is 0.918. The van der Waals surface area contributed by atoms with E-state index >= 15 is 0 Å². The van der Waals surface area contributed by atoms with E-state index in [2.05, 4.69) is 25.3 Å². The molecular weight excluding hydrogens is 412 g/mol. The van der Waals surface area contributed by atoms with Crippen LogP contribution in [0.5, 0.6) is 0 Å². The zero-order valence-corrected chi connectivity index (χ0v) is 17.6. The second-order valence-corrected chi connectivity index (χ2v) is 8.40. The summed E-state index contributed by atoms with van der Waals surface area (Å²) < 4.78 is 7.51. The third kappa shape index (κ3) is 3.75. The Labute approximate surface area is 181 Å². The first-order chi connectivity index (χ1) is 15.1. The number of aromatic nitrogens is 6. The second-order valence-electron chi connectivity index (χ2n) is 7.07. The Hall–Kier alpha value is -3.72. The molecule has 0 amide bonds. The molecule has 0 aliphatic carbocycles. The molecule has 31 heavy (non-hydrogen) atoms. The number of aromatic amines is 1. The number of rotatable bonds is 5. The van der Waals surface area contributed by atoms with Crippen molar-refractivity contribution in [2.75, 3.05) is 0 Å². The minimum Gasteiger partial charge on any atom is -0.419 e. The zero-order valence-electron chi connectivity index (χ0n) is 16.8. The third-order valence-corrected chi connectivity index (χ3v) is 5.76. The van der Waals surface area contributed by atoms with E-state index in [-0.39, 0.29) is 10.8 Å². The van der Waals surface area contributed by atoms with Gasteiger partial charge < -0.3 is 9.40 Å². The van der Waals surface area contributed by atoms with Gasteiger partial charge in [-0.1, -0.05) is 47.7 Å². The van der Waals surface area contributed by atoms with Crippen LogP contribution in [0.1, 0.15) is 23.6 Å². The average molecular weight is 430 g/mol. The molecule has 0 spiro atoms. The molecule has 1 unspecified atom stereocenters. The van der Waals surface area contributed by atoms with E-state index in [9.17, 15) is 4.79 Å². The number of fused-ring (bicyclic) bond motifs is 1. The number of hydrogen-bond donors (Lipinski definition) is 1. The van der Waals surface area contributed by atoms with Crippen LogP contribution in [0.25, 0.3) is 28.2 Å². The molecule has 5 rings (SSSR count). The zero-order chi connectivity index (χ0) is 21.4. The van der Waals surface area contributed by atoms with E-state index in [1.54, 1.807) is 4.68 Å². The lowest BCUT2D eigenvalue weighted by molar-refractivity contribution is 0.509. The molecule has 3 aromatic heterocycles. The van der Waals surface area contributed by atoms with Gasteiger partial charge in [0.1, 0.15) is 5.39 Å². The van der Waals surface area contributed by atoms with Crippen LogP contribution in [0.3, 0.4) is 0 Å². The minimum absolute atomic E-state index is 0.208. The van der Waals surface area contributed by atoms with Crippen molar-refractivity contribution in [3.8, 4) is 17.1 Å². The van der Waals surface area contributed by atoms with Gasteiger partial charge in [0.2, 0.25) is 11.8 Å². The molecule has 0 fully saturated rings. The summed E-state index contributed by atoms with van der Waals surface area (Å²) in [4.78, 5) is 20.0. The quantitative estimate of drug-likeness (QED) is 0.327. The van der Waals surface area contributed by atoms with Crippen molar-refractivity contribution in [2.24, 2.45) is 0 Å². The summed E-state index contributed by atoms with van der Waals surface area (Å²) in [6, 6.07) is 17.5. The van der Waals surface area contributed by atoms with Crippen LogP contribution < -0.4 is 5.56 Å². The van der Waals surface area contributed by atoms with E-state index < -0.39 is 0 Å². The maximum absolute atomic E-state index is 12.6. The van der Waals surface area contributed by atoms with Gasteiger partial charge in [-0.15, -0.1) is 10.2 Å². The SMILES string of the molecule is Cc1ccc(-c2nnc(C(C)Sc3nc4c(cnn4-c4ccccc4)c(=O)[nH]3)o2)cc1. The summed E-state index contributed by atoms with van der Waals surface area (Å²) in [7, 11) is 0. The summed E-state index contributed by atoms with van der Waals surface area (Å²) in [6.45, 7) is 3.95. The first kappa shape index (κ1) is 19.3. The first-order valence-electron chi connectivity index (χ1n) is 9.69. The molecule has 154 valence electrons.